The molecule has 0 fully saturated rings. The van der Waals surface area contributed by atoms with Gasteiger partial charge in [0.1, 0.15) is 0 Å². The van der Waals surface area contributed by atoms with E-state index in [0.29, 0.717) is 6.04 Å². The summed E-state index contributed by atoms with van der Waals surface area (Å²) in [6, 6.07) is 13.6. The van der Waals surface area contributed by atoms with E-state index in [-0.39, 0.29) is 56.4 Å². The minimum atomic E-state index is 0. The molecule has 0 aliphatic heterocycles. The van der Waals surface area contributed by atoms with Crippen LogP contribution in [0.2, 0.25) is 0 Å². The van der Waals surface area contributed by atoms with Crippen LogP contribution in [0.3, 0.4) is 0 Å². The SMILES string of the molecule is CC1=[C-]C(C)(C)C(C)=C1C.CCC([c-]1ccc2ccccc21)N(C)C.[Cl-].[Cl-].[Zr+4]. The molecule has 0 spiro atoms. The third kappa shape index (κ3) is 6.63. The number of nitrogens with zero attached hydrogens (tertiary/aromatic N) is 1. The number of halogens is 2. The Labute approximate surface area is 204 Å². The van der Waals surface area contributed by atoms with E-state index in [1.54, 1.807) is 0 Å². The number of hydrogen-bond donors (Lipinski definition) is 0. The predicted molar refractivity (Wildman–Crippen MR) is 111 cm³/mol. The summed E-state index contributed by atoms with van der Waals surface area (Å²) in [5.41, 5.74) is 5.85. The van der Waals surface area contributed by atoms with Gasteiger partial charge in [-0.1, -0.05) is 46.1 Å². The van der Waals surface area contributed by atoms with Crippen molar-refractivity contribution in [3.8, 4) is 0 Å². The van der Waals surface area contributed by atoms with Crippen molar-refractivity contribution in [2.75, 3.05) is 14.1 Å². The first-order valence-electron chi connectivity index (χ1n) is 9.29. The van der Waals surface area contributed by atoms with Crippen LogP contribution in [0.25, 0.3) is 10.8 Å². The fourth-order valence-corrected chi connectivity index (χ4v) is 3.73. The molecule has 2 aromatic rings. The zero-order valence-corrected chi connectivity index (χ0v) is 22.4. The zero-order valence-electron chi connectivity index (χ0n) is 18.5. The fourth-order valence-electron chi connectivity index (χ4n) is 3.73. The predicted octanol–water partition coefficient (Wildman–Crippen LogP) is 0.689. The largest absolute Gasteiger partial charge is 4.00 e. The first kappa shape index (κ1) is 29.9. The van der Waals surface area contributed by atoms with Crippen molar-refractivity contribution in [1.82, 2.24) is 4.90 Å². The van der Waals surface area contributed by atoms with Gasteiger partial charge in [-0.2, -0.15) is 17.2 Å². The Kier molecular flexibility index (Phi) is 13.3. The van der Waals surface area contributed by atoms with E-state index in [0.717, 1.165) is 6.42 Å². The van der Waals surface area contributed by atoms with Gasteiger partial charge in [-0.3, -0.25) is 6.08 Å². The summed E-state index contributed by atoms with van der Waals surface area (Å²) in [6.45, 7) is 13.2. The fraction of sp³-hybridized carbons (Fsp3) is 0.458. The molecule has 1 unspecified atom stereocenters. The number of rotatable bonds is 3. The van der Waals surface area contributed by atoms with E-state index in [4.69, 9.17) is 0 Å². The molecule has 0 aromatic heterocycles. The van der Waals surface area contributed by atoms with Crippen molar-refractivity contribution in [3.63, 3.8) is 0 Å². The summed E-state index contributed by atoms with van der Waals surface area (Å²) in [5, 5.41) is 2.76. The maximum absolute atomic E-state index is 3.44. The van der Waals surface area contributed by atoms with Gasteiger partial charge >= 0.3 is 26.2 Å². The van der Waals surface area contributed by atoms with Crippen LogP contribution in [-0.4, -0.2) is 19.0 Å². The quantitative estimate of drug-likeness (QED) is 0.565. The second-order valence-corrected chi connectivity index (χ2v) is 7.89. The molecule has 152 valence electrons. The van der Waals surface area contributed by atoms with Crippen molar-refractivity contribution >= 4 is 10.8 Å². The van der Waals surface area contributed by atoms with Crippen LogP contribution in [-0.2, 0) is 26.2 Å². The van der Waals surface area contributed by atoms with Crippen LogP contribution in [0.1, 0.15) is 59.6 Å². The van der Waals surface area contributed by atoms with Crippen molar-refractivity contribution in [2.24, 2.45) is 5.41 Å². The Hall–Kier alpha value is -0.267. The van der Waals surface area contributed by atoms with Gasteiger partial charge in [0, 0.05) is 0 Å². The van der Waals surface area contributed by atoms with Crippen LogP contribution >= 0.6 is 0 Å². The molecule has 0 saturated heterocycles. The summed E-state index contributed by atoms with van der Waals surface area (Å²) in [4.78, 5) is 2.29. The molecule has 0 amide bonds. The molecule has 0 bridgehead atoms. The molecule has 1 aliphatic carbocycles. The average molecular weight is 498 g/mol. The van der Waals surface area contributed by atoms with Gasteiger partial charge in [0.25, 0.3) is 0 Å². The van der Waals surface area contributed by atoms with Gasteiger partial charge in [0.05, 0.1) is 0 Å². The van der Waals surface area contributed by atoms with E-state index < -0.39 is 0 Å². The molecule has 1 nitrogen and oxygen atoms in total. The van der Waals surface area contributed by atoms with Crippen LogP contribution in [0.4, 0.5) is 0 Å². The summed E-state index contributed by atoms with van der Waals surface area (Å²) in [6.07, 6.45) is 4.59. The molecule has 28 heavy (non-hydrogen) atoms. The van der Waals surface area contributed by atoms with E-state index in [1.807, 2.05) is 0 Å². The van der Waals surface area contributed by atoms with Crippen molar-refractivity contribution in [3.05, 3.63) is 64.8 Å². The Balaban J connectivity index is 0. The topological polar surface area (TPSA) is 3.24 Å². The molecule has 0 N–H and O–H groups in total. The molecule has 4 heteroatoms. The smallest absolute Gasteiger partial charge is 1.00 e. The Morgan fingerprint density at radius 1 is 1.04 bits per heavy atom. The summed E-state index contributed by atoms with van der Waals surface area (Å²) < 4.78 is 0. The van der Waals surface area contributed by atoms with Crippen LogP contribution in [0.15, 0.2) is 53.1 Å². The number of hydrogen-bond acceptors (Lipinski definition) is 1. The molecule has 0 saturated carbocycles. The molecule has 1 atom stereocenters. The molecule has 0 heterocycles. The Morgan fingerprint density at radius 2 is 1.61 bits per heavy atom. The van der Waals surface area contributed by atoms with E-state index >= 15 is 0 Å². The minimum absolute atomic E-state index is 0. The second-order valence-electron chi connectivity index (χ2n) is 7.89. The maximum atomic E-state index is 3.44. The number of benzene rings is 1. The van der Waals surface area contributed by atoms with Crippen LogP contribution < -0.4 is 24.8 Å². The van der Waals surface area contributed by atoms with Crippen molar-refractivity contribution < 1.29 is 51.0 Å². The Bertz CT molecular complexity index is 800. The van der Waals surface area contributed by atoms with Gasteiger partial charge in [-0.25, -0.2) is 5.57 Å². The average Bonchev–Trinajstić information content (AvgIpc) is 3.04. The van der Waals surface area contributed by atoms with E-state index in [9.17, 15) is 0 Å². The van der Waals surface area contributed by atoms with Gasteiger partial charge in [0.15, 0.2) is 0 Å². The molecule has 1 aliphatic rings. The third-order valence-electron chi connectivity index (χ3n) is 5.65. The first-order chi connectivity index (χ1) is 11.7. The van der Waals surface area contributed by atoms with E-state index in [1.165, 1.54) is 33.1 Å². The molecular formula is C24H33Cl2NZr. The van der Waals surface area contributed by atoms with Crippen molar-refractivity contribution in [2.45, 2.75) is 54.0 Å². The number of allylic oxidation sites excluding steroid dienone is 4. The maximum Gasteiger partial charge on any atom is 4.00 e. The minimum Gasteiger partial charge on any atom is -1.00 e. The monoisotopic (exact) mass is 495 g/mol. The van der Waals surface area contributed by atoms with Gasteiger partial charge in [-0.15, -0.1) is 47.5 Å². The number of fused-ring (bicyclic) bond motifs is 1. The van der Waals surface area contributed by atoms with Crippen LogP contribution in [0, 0.1) is 11.5 Å². The first-order valence-corrected chi connectivity index (χ1v) is 9.29. The molecule has 0 radical (unpaired) electrons. The van der Waals surface area contributed by atoms with E-state index in [2.05, 4.69) is 103 Å². The standard InChI is InChI=1S/C14H18N.C10H15.2ClH.Zr/c1-4-14(15(2)3)13-10-9-11-7-5-6-8-12(11)13;1-7-6-10(4,5)9(3)8(7)2;;;/h5-10,14H,4H2,1-3H3;1-5H3;2*1H;/q2*-1;;;+4/p-2. The summed E-state index contributed by atoms with van der Waals surface area (Å²) in [7, 11) is 4.30. The zero-order chi connectivity index (χ0) is 18.8. The molecular weight excluding hydrogens is 464 g/mol. The second kappa shape index (κ2) is 12.4. The van der Waals surface area contributed by atoms with Gasteiger partial charge in [-0.05, 0) is 26.6 Å². The van der Waals surface area contributed by atoms with Gasteiger partial charge in [0.2, 0.25) is 0 Å². The summed E-state index contributed by atoms with van der Waals surface area (Å²) >= 11 is 0. The molecule has 3 rings (SSSR count). The normalized spacial score (nSPS) is 15.7. The van der Waals surface area contributed by atoms with Gasteiger partial charge < -0.3 is 29.7 Å². The van der Waals surface area contributed by atoms with Crippen molar-refractivity contribution in [1.29, 1.82) is 0 Å². The summed E-state index contributed by atoms with van der Waals surface area (Å²) in [5.74, 6) is 0. The third-order valence-corrected chi connectivity index (χ3v) is 5.65. The Morgan fingerprint density at radius 3 is 2.00 bits per heavy atom. The molecule has 2 aromatic carbocycles. The van der Waals surface area contributed by atoms with Crippen LogP contribution in [0.5, 0.6) is 0 Å².